The SMILES string of the molecule is O=c1c(Cc2ccccc2)nc2cccnc2n1-c1cccnc1. The van der Waals surface area contributed by atoms with Gasteiger partial charge in [-0.15, -0.1) is 0 Å². The minimum absolute atomic E-state index is 0.168. The zero-order chi connectivity index (χ0) is 16.4. The normalized spacial score (nSPS) is 10.8. The molecule has 0 fully saturated rings. The topological polar surface area (TPSA) is 60.7 Å². The van der Waals surface area contributed by atoms with Crippen LogP contribution in [0.1, 0.15) is 11.3 Å². The Hall–Kier alpha value is -3.34. The molecular weight excluding hydrogens is 300 g/mol. The van der Waals surface area contributed by atoms with Crippen LogP contribution in [0.3, 0.4) is 0 Å². The Labute approximate surface area is 138 Å². The van der Waals surface area contributed by atoms with Gasteiger partial charge in [0.05, 0.1) is 11.9 Å². The summed E-state index contributed by atoms with van der Waals surface area (Å²) in [4.78, 5) is 26.0. The molecule has 5 nitrogen and oxygen atoms in total. The van der Waals surface area contributed by atoms with E-state index in [9.17, 15) is 4.79 Å². The van der Waals surface area contributed by atoms with Gasteiger partial charge in [-0.05, 0) is 29.8 Å². The van der Waals surface area contributed by atoms with E-state index in [2.05, 4.69) is 15.0 Å². The van der Waals surface area contributed by atoms with Crippen molar-refractivity contribution in [3.8, 4) is 5.69 Å². The average Bonchev–Trinajstić information content (AvgIpc) is 2.64. The van der Waals surface area contributed by atoms with Crippen molar-refractivity contribution in [2.45, 2.75) is 6.42 Å². The van der Waals surface area contributed by atoms with Crippen molar-refractivity contribution >= 4 is 11.2 Å². The number of hydrogen-bond donors (Lipinski definition) is 0. The second-order valence-electron chi connectivity index (χ2n) is 5.42. The van der Waals surface area contributed by atoms with Crippen LogP contribution < -0.4 is 5.56 Å². The number of nitrogens with zero attached hydrogens (tertiary/aromatic N) is 4. The molecular formula is C19H14N4O. The van der Waals surface area contributed by atoms with Crippen LogP contribution in [-0.2, 0) is 6.42 Å². The molecule has 0 saturated heterocycles. The maximum atomic E-state index is 13.0. The Balaban J connectivity index is 1.96. The summed E-state index contributed by atoms with van der Waals surface area (Å²) in [6.45, 7) is 0. The highest BCUT2D eigenvalue weighted by Crippen LogP contribution is 2.14. The Kier molecular flexibility index (Phi) is 3.59. The second-order valence-corrected chi connectivity index (χ2v) is 5.42. The highest BCUT2D eigenvalue weighted by molar-refractivity contribution is 5.72. The number of benzene rings is 1. The van der Waals surface area contributed by atoms with Crippen molar-refractivity contribution < 1.29 is 0 Å². The number of fused-ring (bicyclic) bond motifs is 1. The summed E-state index contributed by atoms with van der Waals surface area (Å²) in [5.74, 6) is 0. The van der Waals surface area contributed by atoms with Crippen LogP contribution in [0, 0.1) is 0 Å². The third-order valence-corrected chi connectivity index (χ3v) is 3.80. The molecule has 0 N–H and O–H groups in total. The number of rotatable bonds is 3. The van der Waals surface area contributed by atoms with E-state index in [4.69, 9.17) is 0 Å². The van der Waals surface area contributed by atoms with Crippen LogP contribution in [0.4, 0.5) is 0 Å². The van der Waals surface area contributed by atoms with Gasteiger partial charge in [-0.1, -0.05) is 30.3 Å². The Morgan fingerprint density at radius 3 is 2.54 bits per heavy atom. The Morgan fingerprint density at radius 2 is 1.75 bits per heavy atom. The number of pyridine rings is 2. The van der Waals surface area contributed by atoms with E-state index in [0.29, 0.717) is 29.0 Å². The largest absolute Gasteiger partial charge is 0.278 e. The van der Waals surface area contributed by atoms with E-state index in [-0.39, 0.29) is 5.56 Å². The minimum atomic E-state index is -0.168. The summed E-state index contributed by atoms with van der Waals surface area (Å²) in [7, 11) is 0. The highest BCUT2D eigenvalue weighted by Gasteiger charge is 2.13. The van der Waals surface area contributed by atoms with E-state index in [0.717, 1.165) is 5.56 Å². The number of hydrogen-bond acceptors (Lipinski definition) is 4. The Bertz CT molecular complexity index is 1040. The van der Waals surface area contributed by atoms with Crippen LogP contribution in [0.2, 0.25) is 0 Å². The fraction of sp³-hybridized carbons (Fsp3) is 0.0526. The molecule has 0 spiro atoms. The van der Waals surface area contributed by atoms with E-state index < -0.39 is 0 Å². The lowest BCUT2D eigenvalue weighted by atomic mass is 10.1. The fourth-order valence-electron chi connectivity index (χ4n) is 2.70. The van der Waals surface area contributed by atoms with Crippen LogP contribution in [0.5, 0.6) is 0 Å². The van der Waals surface area contributed by atoms with Gasteiger partial charge in [-0.3, -0.25) is 14.3 Å². The zero-order valence-electron chi connectivity index (χ0n) is 12.8. The van der Waals surface area contributed by atoms with Gasteiger partial charge in [0.25, 0.3) is 5.56 Å². The van der Waals surface area contributed by atoms with Crippen molar-refractivity contribution in [1.29, 1.82) is 0 Å². The summed E-state index contributed by atoms with van der Waals surface area (Å²) in [5, 5.41) is 0. The van der Waals surface area contributed by atoms with Crippen LogP contribution in [0.25, 0.3) is 16.9 Å². The van der Waals surface area contributed by atoms with Gasteiger partial charge in [0.1, 0.15) is 11.2 Å². The van der Waals surface area contributed by atoms with Crippen molar-refractivity contribution in [2.24, 2.45) is 0 Å². The van der Waals surface area contributed by atoms with Gasteiger partial charge in [0.15, 0.2) is 5.65 Å². The van der Waals surface area contributed by atoms with Crippen LogP contribution >= 0.6 is 0 Å². The van der Waals surface area contributed by atoms with Crippen molar-refractivity contribution in [2.75, 3.05) is 0 Å². The summed E-state index contributed by atoms with van der Waals surface area (Å²) < 4.78 is 1.58. The summed E-state index contributed by atoms with van der Waals surface area (Å²) in [6.07, 6.45) is 5.47. The third kappa shape index (κ3) is 2.56. The highest BCUT2D eigenvalue weighted by atomic mass is 16.1. The summed E-state index contributed by atoms with van der Waals surface area (Å²) in [5.41, 5.74) is 3.27. The molecule has 24 heavy (non-hydrogen) atoms. The van der Waals surface area contributed by atoms with Crippen molar-refractivity contribution in [1.82, 2.24) is 19.5 Å². The molecule has 0 unspecified atom stereocenters. The maximum absolute atomic E-state index is 13.0. The van der Waals surface area contributed by atoms with E-state index in [1.54, 1.807) is 29.2 Å². The van der Waals surface area contributed by atoms with Gasteiger partial charge in [-0.25, -0.2) is 9.97 Å². The molecule has 0 atom stereocenters. The number of aromatic nitrogens is 4. The molecule has 3 heterocycles. The van der Waals surface area contributed by atoms with Gasteiger partial charge in [0, 0.05) is 18.8 Å². The zero-order valence-corrected chi connectivity index (χ0v) is 12.8. The fourth-order valence-corrected chi connectivity index (χ4v) is 2.70. The quantitative estimate of drug-likeness (QED) is 0.583. The standard InChI is InChI=1S/C19H14N4O/c24-19-17(12-14-6-2-1-3-7-14)22-16-9-5-11-21-18(16)23(19)15-8-4-10-20-13-15/h1-11,13H,12H2. The summed E-state index contributed by atoms with van der Waals surface area (Å²) >= 11 is 0. The molecule has 0 radical (unpaired) electrons. The summed E-state index contributed by atoms with van der Waals surface area (Å²) in [6, 6.07) is 17.2. The first-order chi connectivity index (χ1) is 11.8. The average molecular weight is 314 g/mol. The second kappa shape index (κ2) is 6.04. The van der Waals surface area contributed by atoms with Gasteiger partial charge < -0.3 is 0 Å². The molecule has 0 aliphatic rings. The molecule has 116 valence electrons. The van der Waals surface area contributed by atoms with Crippen LogP contribution in [-0.4, -0.2) is 19.5 Å². The van der Waals surface area contributed by atoms with Gasteiger partial charge in [0.2, 0.25) is 0 Å². The predicted octanol–water partition coefficient (Wildman–Crippen LogP) is 2.77. The van der Waals surface area contributed by atoms with E-state index in [1.807, 2.05) is 48.5 Å². The molecule has 3 aromatic heterocycles. The van der Waals surface area contributed by atoms with Gasteiger partial charge in [-0.2, -0.15) is 0 Å². The molecule has 0 amide bonds. The molecule has 5 heteroatoms. The molecule has 0 aliphatic heterocycles. The lowest BCUT2D eigenvalue weighted by Crippen LogP contribution is -2.25. The first kappa shape index (κ1) is 14.3. The minimum Gasteiger partial charge on any atom is -0.267 e. The van der Waals surface area contributed by atoms with E-state index in [1.165, 1.54) is 0 Å². The third-order valence-electron chi connectivity index (χ3n) is 3.80. The predicted molar refractivity (Wildman–Crippen MR) is 92.2 cm³/mol. The van der Waals surface area contributed by atoms with Crippen molar-refractivity contribution in [3.63, 3.8) is 0 Å². The molecule has 1 aromatic carbocycles. The maximum Gasteiger partial charge on any atom is 0.278 e. The first-order valence-corrected chi connectivity index (χ1v) is 7.64. The smallest absolute Gasteiger partial charge is 0.267 e. The Morgan fingerprint density at radius 1 is 0.917 bits per heavy atom. The monoisotopic (exact) mass is 314 g/mol. The molecule has 0 saturated carbocycles. The molecule has 0 bridgehead atoms. The van der Waals surface area contributed by atoms with E-state index >= 15 is 0 Å². The lowest BCUT2D eigenvalue weighted by Gasteiger charge is -2.11. The van der Waals surface area contributed by atoms with Crippen LogP contribution in [0.15, 0.2) is 78.0 Å². The molecule has 0 aliphatic carbocycles. The van der Waals surface area contributed by atoms with Gasteiger partial charge >= 0.3 is 0 Å². The molecule has 4 aromatic rings. The molecule has 4 rings (SSSR count). The lowest BCUT2D eigenvalue weighted by molar-refractivity contribution is 0.922. The van der Waals surface area contributed by atoms with Crippen molar-refractivity contribution in [3.05, 3.63) is 94.8 Å². The first-order valence-electron chi connectivity index (χ1n) is 7.64.